The summed E-state index contributed by atoms with van der Waals surface area (Å²) in [6.45, 7) is 4.86. The van der Waals surface area contributed by atoms with Crippen LogP contribution in [0.25, 0.3) is 0 Å². The molecule has 0 aromatic heterocycles. The van der Waals surface area contributed by atoms with Gasteiger partial charge in [-0.25, -0.2) is 0 Å². The molecule has 0 saturated heterocycles. The van der Waals surface area contributed by atoms with Crippen molar-refractivity contribution in [1.29, 1.82) is 0 Å². The lowest BCUT2D eigenvalue weighted by Gasteiger charge is -1.99. The Labute approximate surface area is 67.6 Å². The van der Waals surface area contributed by atoms with Gasteiger partial charge < -0.3 is 4.74 Å². The van der Waals surface area contributed by atoms with Gasteiger partial charge in [0.25, 0.3) is 6.47 Å². The Balaban J connectivity index is 3.82. The molecular formula is C9H14O2. The third-order valence-corrected chi connectivity index (χ3v) is 1.32. The van der Waals surface area contributed by atoms with Crippen LogP contribution in [0, 0.1) is 0 Å². The first-order valence-corrected chi connectivity index (χ1v) is 3.71. The number of ether oxygens (including phenoxy) is 1. The van der Waals surface area contributed by atoms with Gasteiger partial charge >= 0.3 is 0 Å². The third-order valence-electron chi connectivity index (χ3n) is 1.32. The van der Waals surface area contributed by atoms with Crippen LogP contribution >= 0.6 is 0 Å². The fraction of sp³-hybridized carbons (Fsp3) is 0.444. The molecule has 0 unspecified atom stereocenters. The van der Waals surface area contributed by atoms with Crippen LogP contribution in [-0.4, -0.2) is 13.1 Å². The highest BCUT2D eigenvalue weighted by Crippen LogP contribution is 2.00. The summed E-state index contributed by atoms with van der Waals surface area (Å²) in [5.74, 6) is 0. The second kappa shape index (κ2) is 7.06. The minimum atomic E-state index is 0.407. The zero-order valence-electron chi connectivity index (χ0n) is 7.04. The zero-order valence-corrected chi connectivity index (χ0v) is 7.04. The van der Waals surface area contributed by atoms with Crippen molar-refractivity contribution >= 4 is 6.47 Å². The van der Waals surface area contributed by atoms with Crippen LogP contribution < -0.4 is 0 Å². The summed E-state index contributed by atoms with van der Waals surface area (Å²) in [6.07, 6.45) is 6.76. The van der Waals surface area contributed by atoms with Gasteiger partial charge in [0.15, 0.2) is 0 Å². The molecule has 2 heteroatoms. The van der Waals surface area contributed by atoms with Crippen LogP contribution in [0.5, 0.6) is 0 Å². The second-order valence-electron chi connectivity index (χ2n) is 2.11. The summed E-state index contributed by atoms with van der Waals surface area (Å²) in [5, 5.41) is 0. The van der Waals surface area contributed by atoms with Gasteiger partial charge in [0.2, 0.25) is 0 Å². The summed E-state index contributed by atoms with van der Waals surface area (Å²) in [4.78, 5) is 9.83. The molecule has 11 heavy (non-hydrogen) atoms. The monoisotopic (exact) mass is 154 g/mol. The molecular weight excluding hydrogens is 140 g/mol. The maximum atomic E-state index is 9.83. The normalized spacial score (nSPS) is 12.0. The molecule has 0 aromatic rings. The van der Waals surface area contributed by atoms with E-state index in [0.29, 0.717) is 13.1 Å². The third kappa shape index (κ3) is 5.40. The van der Waals surface area contributed by atoms with Crippen LogP contribution in [-0.2, 0) is 9.53 Å². The minimum absolute atomic E-state index is 0.407. The van der Waals surface area contributed by atoms with Crippen LogP contribution in [0.2, 0.25) is 0 Å². The zero-order chi connectivity index (χ0) is 8.53. The maximum absolute atomic E-state index is 9.83. The van der Waals surface area contributed by atoms with Gasteiger partial charge in [0, 0.05) is 0 Å². The van der Waals surface area contributed by atoms with E-state index in [4.69, 9.17) is 0 Å². The molecule has 0 aliphatic heterocycles. The fourth-order valence-electron chi connectivity index (χ4n) is 0.641. The van der Waals surface area contributed by atoms with Gasteiger partial charge in [-0.15, -0.1) is 0 Å². The average Bonchev–Trinajstić information content (AvgIpc) is 2.05. The van der Waals surface area contributed by atoms with Gasteiger partial charge in [-0.2, -0.15) is 0 Å². The molecule has 0 fully saturated rings. The molecule has 0 aliphatic carbocycles. The number of rotatable bonds is 5. The van der Waals surface area contributed by atoms with Crippen molar-refractivity contribution in [1.82, 2.24) is 0 Å². The van der Waals surface area contributed by atoms with Gasteiger partial charge in [0.05, 0.1) is 0 Å². The maximum Gasteiger partial charge on any atom is 0.293 e. The number of allylic oxidation sites excluding steroid dienone is 3. The molecule has 2 nitrogen and oxygen atoms in total. The Morgan fingerprint density at radius 1 is 1.55 bits per heavy atom. The summed E-state index contributed by atoms with van der Waals surface area (Å²) in [5.41, 5.74) is 1.12. The van der Waals surface area contributed by atoms with E-state index >= 15 is 0 Å². The Hall–Kier alpha value is -1.05. The molecule has 0 radical (unpaired) electrons. The molecule has 0 saturated carbocycles. The Kier molecular flexibility index (Phi) is 6.39. The molecule has 0 atom stereocenters. The standard InChI is InChI=1S/C9H14O2/c1-3-5-6-9(4-2)7-11-8-10/h3,5-6,8H,4,7H2,1-2H3/b5-3-,9-6+. The van der Waals surface area contributed by atoms with Crippen molar-refractivity contribution in [2.45, 2.75) is 20.3 Å². The quantitative estimate of drug-likeness (QED) is 0.447. The molecule has 0 heterocycles. The van der Waals surface area contributed by atoms with Crippen molar-refractivity contribution in [3.8, 4) is 0 Å². The van der Waals surface area contributed by atoms with E-state index in [9.17, 15) is 4.79 Å². The van der Waals surface area contributed by atoms with Crippen molar-refractivity contribution in [3.63, 3.8) is 0 Å². The second-order valence-corrected chi connectivity index (χ2v) is 2.11. The summed E-state index contributed by atoms with van der Waals surface area (Å²) < 4.78 is 4.60. The van der Waals surface area contributed by atoms with Gasteiger partial charge in [-0.05, 0) is 18.9 Å². The lowest BCUT2D eigenvalue weighted by atomic mass is 10.2. The highest BCUT2D eigenvalue weighted by atomic mass is 16.5. The molecule has 62 valence electrons. The highest BCUT2D eigenvalue weighted by molar-refractivity contribution is 5.37. The SMILES string of the molecule is C/C=C\C=C(/CC)COC=O. The van der Waals surface area contributed by atoms with Crippen LogP contribution in [0.4, 0.5) is 0 Å². The largest absolute Gasteiger partial charge is 0.463 e. The first kappa shape index (κ1) is 9.95. The smallest absolute Gasteiger partial charge is 0.293 e. The number of hydrogen-bond acceptors (Lipinski definition) is 2. The molecule has 0 amide bonds. The molecule has 0 spiro atoms. The van der Waals surface area contributed by atoms with Crippen molar-refractivity contribution in [2.75, 3.05) is 6.61 Å². The molecule has 0 N–H and O–H groups in total. The Bertz CT molecular complexity index is 157. The van der Waals surface area contributed by atoms with E-state index in [1.165, 1.54) is 0 Å². The van der Waals surface area contributed by atoms with E-state index in [-0.39, 0.29) is 0 Å². The molecule has 0 rings (SSSR count). The first-order valence-electron chi connectivity index (χ1n) is 3.71. The molecule has 0 aromatic carbocycles. The first-order chi connectivity index (χ1) is 5.35. The topological polar surface area (TPSA) is 26.3 Å². The van der Waals surface area contributed by atoms with Crippen molar-refractivity contribution in [3.05, 3.63) is 23.8 Å². The highest BCUT2D eigenvalue weighted by Gasteiger charge is 1.90. The van der Waals surface area contributed by atoms with Crippen molar-refractivity contribution < 1.29 is 9.53 Å². The van der Waals surface area contributed by atoms with E-state index in [1.807, 2.05) is 32.1 Å². The van der Waals surface area contributed by atoms with Gasteiger partial charge in [0.1, 0.15) is 6.61 Å². The van der Waals surface area contributed by atoms with E-state index < -0.39 is 0 Å². The van der Waals surface area contributed by atoms with E-state index in [2.05, 4.69) is 4.74 Å². The number of hydrogen-bond donors (Lipinski definition) is 0. The average molecular weight is 154 g/mol. The Morgan fingerprint density at radius 3 is 2.73 bits per heavy atom. The predicted molar refractivity (Wildman–Crippen MR) is 45.2 cm³/mol. The van der Waals surface area contributed by atoms with E-state index in [1.54, 1.807) is 0 Å². The number of carbonyl (C=O) groups is 1. The lowest BCUT2D eigenvalue weighted by Crippen LogP contribution is -1.94. The number of carbonyl (C=O) groups excluding carboxylic acids is 1. The summed E-state index contributed by atoms with van der Waals surface area (Å²) in [6, 6.07) is 0. The van der Waals surface area contributed by atoms with E-state index in [0.717, 1.165) is 12.0 Å². The van der Waals surface area contributed by atoms with Crippen molar-refractivity contribution in [2.24, 2.45) is 0 Å². The van der Waals surface area contributed by atoms with Crippen LogP contribution in [0.1, 0.15) is 20.3 Å². The summed E-state index contributed by atoms with van der Waals surface area (Å²) in [7, 11) is 0. The Morgan fingerprint density at radius 2 is 2.27 bits per heavy atom. The molecule has 0 bridgehead atoms. The minimum Gasteiger partial charge on any atom is -0.463 e. The summed E-state index contributed by atoms with van der Waals surface area (Å²) >= 11 is 0. The molecule has 0 aliphatic rings. The van der Waals surface area contributed by atoms with Crippen LogP contribution in [0.15, 0.2) is 23.8 Å². The predicted octanol–water partition coefficient (Wildman–Crippen LogP) is 2.07. The van der Waals surface area contributed by atoms with Gasteiger partial charge in [-0.1, -0.05) is 25.2 Å². The van der Waals surface area contributed by atoms with Crippen LogP contribution in [0.3, 0.4) is 0 Å². The fourth-order valence-corrected chi connectivity index (χ4v) is 0.641. The van der Waals surface area contributed by atoms with Gasteiger partial charge in [-0.3, -0.25) is 4.79 Å². The lowest BCUT2D eigenvalue weighted by molar-refractivity contribution is -0.127.